The first-order valence-electron chi connectivity index (χ1n) is 12.5. The lowest BCUT2D eigenvalue weighted by Gasteiger charge is -2.35. The van der Waals surface area contributed by atoms with E-state index in [9.17, 15) is 0 Å². The molecule has 34 heavy (non-hydrogen) atoms. The van der Waals surface area contributed by atoms with Crippen LogP contribution in [0.1, 0.15) is 51.4 Å². The van der Waals surface area contributed by atoms with Gasteiger partial charge in [-0.25, -0.2) is 0 Å². The van der Waals surface area contributed by atoms with Crippen LogP contribution in [0.15, 0.2) is 0 Å². The highest BCUT2D eigenvalue weighted by Crippen LogP contribution is 2.25. The molecule has 0 spiro atoms. The highest BCUT2D eigenvalue weighted by atomic mass is 28.5. The molecule has 2 fully saturated rings. The standard InChI is InChI=1S/C18H44O8Si8/c1-27-19-29(3)23-33(7,24-30(4)20-27)17-15-13-11-9-10-12-14-16-18-34(8)25-31(5)21-28(2)22-32(6)26-34/h9-18H2,1-8H3. The Kier molecular flexibility index (Phi) is 14.6. The Morgan fingerprint density at radius 3 is 0.882 bits per heavy atom. The smallest absolute Gasteiger partial charge is 0.362 e. The Hall–Kier alpha value is 1.42. The summed E-state index contributed by atoms with van der Waals surface area (Å²) in [5.41, 5.74) is 0. The van der Waals surface area contributed by atoms with Crippen LogP contribution in [0, 0.1) is 0 Å². The third-order valence-electron chi connectivity index (χ3n) is 5.60. The van der Waals surface area contributed by atoms with Crippen LogP contribution in [0.2, 0.25) is 64.5 Å². The highest BCUT2D eigenvalue weighted by molar-refractivity contribution is 6.81. The van der Waals surface area contributed by atoms with E-state index in [0.717, 1.165) is 12.1 Å². The average Bonchev–Trinajstić information content (AvgIpc) is 2.66. The van der Waals surface area contributed by atoms with Crippen molar-refractivity contribution in [3.8, 4) is 0 Å². The van der Waals surface area contributed by atoms with E-state index in [4.69, 9.17) is 32.9 Å². The molecule has 2 rings (SSSR count). The molecule has 2 aliphatic heterocycles. The fraction of sp³-hybridized carbons (Fsp3) is 1.00. The van der Waals surface area contributed by atoms with Crippen molar-refractivity contribution in [1.82, 2.24) is 0 Å². The largest absolute Gasteiger partial charge is 0.415 e. The van der Waals surface area contributed by atoms with Crippen LogP contribution in [0.3, 0.4) is 0 Å². The number of hydrogen-bond acceptors (Lipinski definition) is 8. The van der Waals surface area contributed by atoms with Crippen molar-refractivity contribution in [2.24, 2.45) is 0 Å². The van der Waals surface area contributed by atoms with Gasteiger partial charge in [0.05, 0.1) is 0 Å². The van der Waals surface area contributed by atoms with Gasteiger partial charge in [-0.1, -0.05) is 51.4 Å². The first kappa shape index (κ1) is 31.6. The monoisotopic (exact) mass is 612 g/mol. The highest BCUT2D eigenvalue weighted by Gasteiger charge is 2.41. The summed E-state index contributed by atoms with van der Waals surface area (Å²) in [7, 11) is -11.9. The fourth-order valence-corrected chi connectivity index (χ4v) is 28.3. The van der Waals surface area contributed by atoms with Gasteiger partial charge in [-0.3, -0.25) is 0 Å². The summed E-state index contributed by atoms with van der Waals surface area (Å²) in [6, 6.07) is 2.07. The SMILES string of the molecule is C[Si]1O[Si](C)O[Si](C)(CCCCCCCCCC[Si]2(C)O[Si](C)O[Si](C)O[Si](C)O2)O[Si](C)O1. The molecule has 8 nitrogen and oxygen atoms in total. The zero-order valence-corrected chi connectivity index (χ0v) is 30.3. The van der Waals surface area contributed by atoms with E-state index in [1.807, 2.05) is 13.1 Å². The summed E-state index contributed by atoms with van der Waals surface area (Å²) in [6.07, 6.45) is 9.99. The molecule has 6 radical (unpaired) electrons. The van der Waals surface area contributed by atoms with Crippen molar-refractivity contribution < 1.29 is 32.9 Å². The Morgan fingerprint density at radius 1 is 0.382 bits per heavy atom. The molecule has 0 aliphatic carbocycles. The fourth-order valence-electron chi connectivity index (χ4n) is 4.35. The van der Waals surface area contributed by atoms with Crippen molar-refractivity contribution in [2.75, 3.05) is 0 Å². The molecule has 2 saturated heterocycles. The van der Waals surface area contributed by atoms with Crippen molar-refractivity contribution >= 4 is 72.8 Å². The molecule has 0 atom stereocenters. The lowest BCUT2D eigenvalue weighted by Crippen LogP contribution is -2.52. The van der Waals surface area contributed by atoms with Crippen molar-refractivity contribution in [2.45, 2.75) is 116 Å². The van der Waals surface area contributed by atoms with Gasteiger partial charge in [0, 0.05) is 0 Å². The third-order valence-corrected chi connectivity index (χ3v) is 28.8. The van der Waals surface area contributed by atoms with Gasteiger partial charge >= 0.3 is 72.8 Å². The summed E-state index contributed by atoms with van der Waals surface area (Å²) in [5, 5.41) is 0. The molecule has 0 bridgehead atoms. The van der Waals surface area contributed by atoms with Crippen molar-refractivity contribution in [1.29, 1.82) is 0 Å². The third kappa shape index (κ3) is 12.8. The van der Waals surface area contributed by atoms with E-state index >= 15 is 0 Å². The maximum Gasteiger partial charge on any atom is 0.362 e. The van der Waals surface area contributed by atoms with E-state index in [2.05, 4.69) is 39.3 Å². The molecular formula is C18H44O8Si8. The summed E-state index contributed by atoms with van der Waals surface area (Å²) in [5.74, 6) is 0. The molecule has 0 amide bonds. The minimum absolute atomic E-state index is 1.04. The van der Waals surface area contributed by atoms with Gasteiger partial charge in [-0.15, -0.1) is 0 Å². The summed E-state index contributed by atoms with van der Waals surface area (Å²) >= 11 is 0. The van der Waals surface area contributed by atoms with Gasteiger partial charge in [0.2, 0.25) is 0 Å². The molecule has 0 N–H and O–H groups in total. The second kappa shape index (κ2) is 15.7. The zero-order chi connectivity index (χ0) is 25.2. The molecular weight excluding hydrogens is 569 g/mol. The minimum atomic E-state index is -2.18. The lowest BCUT2D eigenvalue weighted by molar-refractivity contribution is 0.271. The maximum atomic E-state index is 6.32. The lowest BCUT2D eigenvalue weighted by atomic mass is 10.1. The van der Waals surface area contributed by atoms with Crippen LogP contribution < -0.4 is 0 Å². The Balaban J connectivity index is 1.54. The van der Waals surface area contributed by atoms with Gasteiger partial charge in [0.1, 0.15) is 0 Å². The maximum absolute atomic E-state index is 6.32. The predicted molar refractivity (Wildman–Crippen MR) is 148 cm³/mol. The second-order valence-corrected chi connectivity index (χ2v) is 27.3. The van der Waals surface area contributed by atoms with Crippen LogP contribution in [0.5, 0.6) is 0 Å². The van der Waals surface area contributed by atoms with Crippen molar-refractivity contribution in [3.63, 3.8) is 0 Å². The number of hydrogen-bond donors (Lipinski definition) is 0. The average molecular weight is 613 g/mol. The van der Waals surface area contributed by atoms with Crippen molar-refractivity contribution in [3.05, 3.63) is 0 Å². The topological polar surface area (TPSA) is 73.8 Å². The number of unbranched alkanes of at least 4 members (excludes halogenated alkanes) is 7. The van der Waals surface area contributed by atoms with Crippen LogP contribution in [-0.4, -0.2) is 72.8 Å². The molecule has 0 saturated carbocycles. The minimum Gasteiger partial charge on any atom is -0.415 e. The number of rotatable bonds is 11. The van der Waals surface area contributed by atoms with E-state index < -0.39 is 72.8 Å². The van der Waals surface area contributed by atoms with E-state index in [-0.39, 0.29) is 0 Å². The molecule has 196 valence electrons. The molecule has 0 aromatic heterocycles. The summed E-state index contributed by atoms with van der Waals surface area (Å²) in [4.78, 5) is 0. The quantitative estimate of drug-likeness (QED) is 0.235. The van der Waals surface area contributed by atoms with Gasteiger partial charge in [0.25, 0.3) is 0 Å². The first-order valence-corrected chi connectivity index (χ1v) is 28.4. The van der Waals surface area contributed by atoms with Gasteiger partial charge in [-0.2, -0.15) is 0 Å². The predicted octanol–water partition coefficient (Wildman–Crippen LogP) is 5.12. The van der Waals surface area contributed by atoms with Crippen LogP contribution in [0.4, 0.5) is 0 Å². The molecule has 16 heteroatoms. The molecule has 2 heterocycles. The molecule has 0 unspecified atom stereocenters. The summed E-state index contributed by atoms with van der Waals surface area (Å²) in [6.45, 7) is 16.7. The Labute approximate surface area is 220 Å². The van der Waals surface area contributed by atoms with Gasteiger partial charge in [0.15, 0.2) is 0 Å². The second-order valence-electron chi connectivity index (χ2n) is 9.36. The summed E-state index contributed by atoms with van der Waals surface area (Å²) < 4.78 is 49.0. The van der Waals surface area contributed by atoms with Crippen LogP contribution >= 0.6 is 0 Å². The van der Waals surface area contributed by atoms with Crippen LogP contribution in [0.25, 0.3) is 0 Å². The zero-order valence-electron chi connectivity index (χ0n) is 22.3. The molecule has 0 aromatic carbocycles. The van der Waals surface area contributed by atoms with E-state index in [0.29, 0.717) is 0 Å². The van der Waals surface area contributed by atoms with Crippen LogP contribution in [-0.2, 0) is 32.9 Å². The first-order chi connectivity index (χ1) is 16.0. The molecule has 2 aliphatic rings. The molecule has 0 aromatic rings. The Bertz CT molecular complexity index is 506. The van der Waals surface area contributed by atoms with E-state index in [1.54, 1.807) is 0 Å². The van der Waals surface area contributed by atoms with E-state index in [1.165, 1.54) is 51.4 Å². The Morgan fingerprint density at radius 2 is 0.618 bits per heavy atom. The van der Waals surface area contributed by atoms with Gasteiger partial charge < -0.3 is 32.9 Å². The van der Waals surface area contributed by atoms with Gasteiger partial charge in [-0.05, 0) is 64.5 Å². The normalized spacial score (nSPS) is 25.1.